The first kappa shape index (κ1) is 13.6. The maximum atomic E-state index is 11.7. The Morgan fingerprint density at radius 3 is 2.59 bits per heavy atom. The number of nitrogens with one attached hydrogen (secondary N) is 2. The van der Waals surface area contributed by atoms with E-state index >= 15 is 0 Å². The van der Waals surface area contributed by atoms with Crippen LogP contribution in [0.4, 0.5) is 0 Å². The number of carbonyl (C=O) groups is 1. The highest BCUT2D eigenvalue weighted by Gasteiger charge is 2.17. The van der Waals surface area contributed by atoms with Gasteiger partial charge in [-0.05, 0) is 39.3 Å². The minimum absolute atomic E-state index is 0.0132. The smallest absolute Gasteiger partial charge is 0.265 e. The lowest BCUT2D eigenvalue weighted by Gasteiger charge is -2.23. The standard InChI is InChI=1S/C12H19N3O2/c1-9(8-12(2,3)17)14-15-11(16)10-4-6-13-7-5-10/h4-7,9,14,17H,8H2,1-3H3,(H,15,16). The third-order valence-electron chi connectivity index (χ3n) is 2.18. The zero-order valence-electron chi connectivity index (χ0n) is 10.4. The molecule has 1 aromatic heterocycles. The molecule has 1 atom stereocenters. The normalized spacial score (nSPS) is 13.2. The first-order valence-corrected chi connectivity index (χ1v) is 5.57. The quantitative estimate of drug-likeness (QED) is 0.664. The van der Waals surface area contributed by atoms with E-state index in [9.17, 15) is 9.90 Å². The van der Waals surface area contributed by atoms with Crippen molar-refractivity contribution in [2.75, 3.05) is 0 Å². The van der Waals surface area contributed by atoms with Crippen molar-refractivity contribution < 1.29 is 9.90 Å². The predicted molar refractivity (Wildman–Crippen MR) is 65.2 cm³/mol. The molecule has 0 aliphatic rings. The lowest BCUT2D eigenvalue weighted by molar-refractivity contribution is 0.0579. The molecule has 0 spiro atoms. The van der Waals surface area contributed by atoms with E-state index in [1.807, 2.05) is 6.92 Å². The minimum Gasteiger partial charge on any atom is -0.390 e. The Hall–Kier alpha value is -1.46. The molecule has 1 rings (SSSR count). The Labute approximate surface area is 101 Å². The molecule has 3 N–H and O–H groups in total. The molecule has 0 radical (unpaired) electrons. The molecule has 0 aliphatic heterocycles. The van der Waals surface area contributed by atoms with Crippen molar-refractivity contribution in [3.8, 4) is 0 Å². The van der Waals surface area contributed by atoms with Gasteiger partial charge in [0.15, 0.2) is 0 Å². The number of nitrogens with zero attached hydrogens (tertiary/aromatic N) is 1. The lowest BCUT2D eigenvalue weighted by Crippen LogP contribution is -2.45. The van der Waals surface area contributed by atoms with Crippen LogP contribution < -0.4 is 10.9 Å². The van der Waals surface area contributed by atoms with Crippen LogP contribution in [0.5, 0.6) is 0 Å². The van der Waals surface area contributed by atoms with Crippen LogP contribution in [0, 0.1) is 0 Å². The molecule has 0 fully saturated rings. The first-order valence-electron chi connectivity index (χ1n) is 5.57. The van der Waals surface area contributed by atoms with Crippen LogP contribution in [0.2, 0.25) is 0 Å². The number of hydrogen-bond acceptors (Lipinski definition) is 4. The van der Waals surface area contributed by atoms with Gasteiger partial charge in [0, 0.05) is 24.0 Å². The SMILES string of the molecule is CC(CC(C)(C)O)NNC(=O)c1ccncc1. The van der Waals surface area contributed by atoms with Crippen LogP contribution in [0.15, 0.2) is 24.5 Å². The second-order valence-corrected chi connectivity index (χ2v) is 4.75. The molecular formula is C12H19N3O2. The third kappa shape index (κ3) is 5.42. The van der Waals surface area contributed by atoms with Gasteiger partial charge in [-0.25, -0.2) is 5.43 Å². The van der Waals surface area contributed by atoms with Gasteiger partial charge < -0.3 is 5.11 Å². The Kier molecular flexibility index (Phi) is 4.60. The van der Waals surface area contributed by atoms with Gasteiger partial charge in [-0.2, -0.15) is 0 Å². The molecule has 1 amide bonds. The average molecular weight is 237 g/mol. The molecule has 94 valence electrons. The number of amides is 1. The van der Waals surface area contributed by atoms with Crippen LogP contribution in [0.1, 0.15) is 37.6 Å². The molecule has 0 saturated carbocycles. The van der Waals surface area contributed by atoms with Crippen molar-refractivity contribution in [2.45, 2.75) is 38.8 Å². The Bertz CT molecular complexity index is 360. The second kappa shape index (κ2) is 5.75. The van der Waals surface area contributed by atoms with Gasteiger partial charge in [0.2, 0.25) is 0 Å². The molecule has 1 aromatic rings. The zero-order valence-corrected chi connectivity index (χ0v) is 10.4. The molecule has 0 aromatic carbocycles. The zero-order chi connectivity index (χ0) is 12.9. The molecule has 1 unspecified atom stereocenters. The van der Waals surface area contributed by atoms with Crippen molar-refractivity contribution in [2.24, 2.45) is 0 Å². The number of hydrogen-bond donors (Lipinski definition) is 3. The van der Waals surface area contributed by atoms with Crippen LogP contribution in [0.25, 0.3) is 0 Å². The molecule has 0 aliphatic carbocycles. The number of carbonyl (C=O) groups excluding carboxylic acids is 1. The Morgan fingerprint density at radius 1 is 1.47 bits per heavy atom. The van der Waals surface area contributed by atoms with Crippen molar-refractivity contribution in [1.82, 2.24) is 15.8 Å². The molecule has 0 bridgehead atoms. The summed E-state index contributed by atoms with van der Waals surface area (Å²) in [6.07, 6.45) is 3.67. The van der Waals surface area contributed by atoms with E-state index in [2.05, 4.69) is 15.8 Å². The number of rotatable bonds is 5. The van der Waals surface area contributed by atoms with Crippen molar-refractivity contribution >= 4 is 5.91 Å². The maximum absolute atomic E-state index is 11.7. The fourth-order valence-electron chi connectivity index (χ4n) is 1.56. The van der Waals surface area contributed by atoms with E-state index in [4.69, 9.17) is 0 Å². The second-order valence-electron chi connectivity index (χ2n) is 4.75. The molecule has 0 saturated heterocycles. The number of hydrazine groups is 1. The van der Waals surface area contributed by atoms with E-state index < -0.39 is 5.60 Å². The monoisotopic (exact) mass is 237 g/mol. The van der Waals surface area contributed by atoms with E-state index in [0.717, 1.165) is 0 Å². The Balaban J connectivity index is 2.39. The summed E-state index contributed by atoms with van der Waals surface area (Å²) in [5, 5.41) is 9.61. The van der Waals surface area contributed by atoms with Gasteiger partial charge in [-0.15, -0.1) is 0 Å². The minimum atomic E-state index is -0.756. The van der Waals surface area contributed by atoms with Crippen molar-refractivity contribution in [3.63, 3.8) is 0 Å². The topological polar surface area (TPSA) is 74.2 Å². The number of pyridine rings is 1. The fourth-order valence-corrected chi connectivity index (χ4v) is 1.56. The molecule has 5 nitrogen and oxygen atoms in total. The van der Waals surface area contributed by atoms with E-state index in [0.29, 0.717) is 12.0 Å². The molecular weight excluding hydrogens is 218 g/mol. The summed E-state index contributed by atoms with van der Waals surface area (Å²) in [7, 11) is 0. The van der Waals surface area contributed by atoms with Gasteiger partial charge in [-0.1, -0.05) is 0 Å². The highest BCUT2D eigenvalue weighted by Crippen LogP contribution is 2.09. The highest BCUT2D eigenvalue weighted by molar-refractivity contribution is 5.93. The van der Waals surface area contributed by atoms with Crippen LogP contribution >= 0.6 is 0 Å². The summed E-state index contributed by atoms with van der Waals surface area (Å²) in [5.74, 6) is -0.213. The maximum Gasteiger partial charge on any atom is 0.265 e. The summed E-state index contributed by atoms with van der Waals surface area (Å²) in [4.78, 5) is 15.5. The van der Waals surface area contributed by atoms with E-state index in [1.165, 1.54) is 0 Å². The van der Waals surface area contributed by atoms with Crippen molar-refractivity contribution in [1.29, 1.82) is 0 Å². The average Bonchev–Trinajstić information content (AvgIpc) is 2.25. The number of aliphatic hydroxyl groups is 1. The van der Waals surface area contributed by atoms with Gasteiger partial charge in [0.05, 0.1) is 5.60 Å². The molecule has 17 heavy (non-hydrogen) atoms. The summed E-state index contributed by atoms with van der Waals surface area (Å²) >= 11 is 0. The van der Waals surface area contributed by atoms with Gasteiger partial charge in [0.25, 0.3) is 5.91 Å². The molecule has 5 heteroatoms. The van der Waals surface area contributed by atoms with Gasteiger partial charge in [0.1, 0.15) is 0 Å². The lowest BCUT2D eigenvalue weighted by atomic mass is 10.0. The van der Waals surface area contributed by atoms with Crippen molar-refractivity contribution in [3.05, 3.63) is 30.1 Å². The largest absolute Gasteiger partial charge is 0.390 e. The summed E-state index contributed by atoms with van der Waals surface area (Å²) in [6.45, 7) is 5.36. The van der Waals surface area contributed by atoms with Gasteiger partial charge >= 0.3 is 0 Å². The summed E-state index contributed by atoms with van der Waals surface area (Å²) < 4.78 is 0. The van der Waals surface area contributed by atoms with Crippen LogP contribution in [-0.4, -0.2) is 27.6 Å². The third-order valence-corrected chi connectivity index (χ3v) is 2.18. The Morgan fingerprint density at radius 2 is 2.06 bits per heavy atom. The van der Waals surface area contributed by atoms with Crippen LogP contribution in [0.3, 0.4) is 0 Å². The fraction of sp³-hybridized carbons (Fsp3) is 0.500. The van der Waals surface area contributed by atoms with Crippen LogP contribution in [-0.2, 0) is 0 Å². The number of aromatic nitrogens is 1. The predicted octanol–water partition coefficient (Wildman–Crippen LogP) is 0.865. The summed E-state index contributed by atoms with van der Waals surface area (Å²) in [6, 6.07) is 3.26. The molecule has 1 heterocycles. The highest BCUT2D eigenvalue weighted by atomic mass is 16.3. The first-order chi connectivity index (χ1) is 7.88. The van der Waals surface area contributed by atoms with E-state index in [1.54, 1.807) is 38.4 Å². The van der Waals surface area contributed by atoms with E-state index in [-0.39, 0.29) is 11.9 Å². The van der Waals surface area contributed by atoms with Gasteiger partial charge in [-0.3, -0.25) is 15.2 Å². The summed E-state index contributed by atoms with van der Waals surface area (Å²) in [5.41, 5.74) is 5.24.